The van der Waals surface area contributed by atoms with Crippen molar-refractivity contribution in [3.05, 3.63) is 59.7 Å². The van der Waals surface area contributed by atoms with E-state index in [1.165, 1.54) is 18.2 Å². The van der Waals surface area contributed by atoms with Crippen LogP contribution in [0, 0.1) is 11.6 Å². The first-order valence-corrected chi connectivity index (χ1v) is 7.66. The molecule has 4 heteroatoms. The summed E-state index contributed by atoms with van der Waals surface area (Å²) < 4.78 is 27.0. The molecule has 2 heterocycles. The monoisotopic (exact) mass is 300 g/mol. The number of likely N-dealkylation sites (tertiary alicyclic amines) is 1. The van der Waals surface area contributed by atoms with Gasteiger partial charge in [-0.25, -0.2) is 8.78 Å². The highest BCUT2D eigenvalue weighted by molar-refractivity contribution is 5.73. The van der Waals surface area contributed by atoms with Crippen molar-refractivity contribution in [1.29, 1.82) is 0 Å². The predicted octanol–water partition coefficient (Wildman–Crippen LogP) is 3.90. The number of fused-ring (bicyclic) bond motifs is 3. The number of anilines is 2. The molecule has 0 N–H and O–H groups in total. The first-order chi connectivity index (χ1) is 10.6. The molecule has 0 aromatic heterocycles. The van der Waals surface area contributed by atoms with Crippen LogP contribution < -0.4 is 4.90 Å². The van der Waals surface area contributed by atoms with Crippen LogP contribution in [-0.2, 0) is 0 Å². The van der Waals surface area contributed by atoms with E-state index in [0.29, 0.717) is 12.0 Å². The van der Waals surface area contributed by atoms with E-state index in [9.17, 15) is 8.78 Å². The average Bonchev–Trinajstić information content (AvgIpc) is 2.81. The molecule has 2 atom stereocenters. The summed E-state index contributed by atoms with van der Waals surface area (Å²) in [6.07, 6.45) is 1.02. The Balaban J connectivity index is 1.83. The molecule has 114 valence electrons. The van der Waals surface area contributed by atoms with Crippen LogP contribution in [0.4, 0.5) is 20.2 Å². The highest BCUT2D eigenvalue weighted by Gasteiger charge is 2.41. The van der Waals surface area contributed by atoms with E-state index in [1.807, 2.05) is 18.2 Å². The summed E-state index contributed by atoms with van der Waals surface area (Å²) in [4.78, 5) is 4.55. The molecule has 2 unspecified atom stereocenters. The maximum atomic E-state index is 13.7. The second kappa shape index (κ2) is 5.06. The summed E-state index contributed by atoms with van der Waals surface area (Å²) in [6.45, 7) is 1.95. The average molecular weight is 300 g/mol. The minimum absolute atomic E-state index is 0.188. The van der Waals surface area contributed by atoms with Crippen molar-refractivity contribution >= 4 is 11.4 Å². The van der Waals surface area contributed by atoms with Gasteiger partial charge in [-0.05, 0) is 68.0 Å². The van der Waals surface area contributed by atoms with E-state index < -0.39 is 0 Å². The van der Waals surface area contributed by atoms with Gasteiger partial charge in [0, 0.05) is 29.9 Å². The molecule has 0 aliphatic carbocycles. The van der Waals surface area contributed by atoms with Crippen LogP contribution in [0.1, 0.15) is 17.9 Å². The second-order valence-electron chi connectivity index (χ2n) is 6.27. The molecule has 4 rings (SSSR count). The number of hydrogen-bond acceptors (Lipinski definition) is 2. The Morgan fingerprint density at radius 3 is 2.50 bits per heavy atom. The van der Waals surface area contributed by atoms with Crippen LogP contribution in [-0.4, -0.2) is 31.1 Å². The maximum Gasteiger partial charge on any atom is 0.123 e. The minimum atomic E-state index is -0.234. The summed E-state index contributed by atoms with van der Waals surface area (Å²) in [5, 5.41) is 0. The zero-order valence-corrected chi connectivity index (χ0v) is 12.5. The highest BCUT2D eigenvalue weighted by Crippen LogP contribution is 2.48. The Labute approximate surface area is 129 Å². The molecule has 0 saturated carbocycles. The number of rotatable bonds is 1. The van der Waals surface area contributed by atoms with Crippen molar-refractivity contribution in [2.24, 2.45) is 0 Å². The third-order valence-electron chi connectivity index (χ3n) is 4.86. The van der Waals surface area contributed by atoms with Gasteiger partial charge in [0.1, 0.15) is 11.6 Å². The van der Waals surface area contributed by atoms with Gasteiger partial charge >= 0.3 is 0 Å². The molecule has 0 radical (unpaired) electrons. The van der Waals surface area contributed by atoms with Gasteiger partial charge < -0.3 is 9.80 Å². The summed E-state index contributed by atoms with van der Waals surface area (Å²) in [5.74, 6) is -0.122. The lowest BCUT2D eigenvalue weighted by molar-refractivity contribution is 0.236. The maximum absolute atomic E-state index is 13.7. The Bertz CT molecular complexity index is 699. The summed E-state index contributed by atoms with van der Waals surface area (Å²) >= 11 is 0. The normalized spacial score (nSPS) is 24.2. The third kappa shape index (κ3) is 2.10. The lowest BCUT2D eigenvalue weighted by Crippen LogP contribution is -2.43. The molecule has 0 amide bonds. The van der Waals surface area contributed by atoms with Gasteiger partial charge in [0.2, 0.25) is 0 Å². The molecule has 0 spiro atoms. The van der Waals surface area contributed by atoms with Crippen molar-refractivity contribution in [2.75, 3.05) is 25.0 Å². The number of nitrogens with zero attached hydrogens (tertiary/aromatic N) is 2. The summed E-state index contributed by atoms with van der Waals surface area (Å²) in [5.41, 5.74) is 3.10. The van der Waals surface area contributed by atoms with Gasteiger partial charge in [-0.3, -0.25) is 0 Å². The van der Waals surface area contributed by atoms with Gasteiger partial charge in [-0.2, -0.15) is 0 Å². The lowest BCUT2D eigenvalue weighted by atomic mass is 9.89. The molecular weight excluding hydrogens is 282 g/mol. The van der Waals surface area contributed by atoms with Crippen molar-refractivity contribution < 1.29 is 8.78 Å². The topological polar surface area (TPSA) is 6.48 Å². The van der Waals surface area contributed by atoms with Gasteiger partial charge in [0.25, 0.3) is 0 Å². The van der Waals surface area contributed by atoms with Crippen LogP contribution in [0.15, 0.2) is 42.5 Å². The molecule has 22 heavy (non-hydrogen) atoms. The quantitative estimate of drug-likeness (QED) is 0.788. The van der Waals surface area contributed by atoms with Crippen molar-refractivity contribution in [3.8, 4) is 0 Å². The molecular formula is C18H18F2N2. The van der Waals surface area contributed by atoms with Gasteiger partial charge in [0.15, 0.2) is 0 Å². The van der Waals surface area contributed by atoms with Gasteiger partial charge in [0.05, 0.1) is 0 Å². The first-order valence-electron chi connectivity index (χ1n) is 7.66. The minimum Gasteiger partial charge on any atom is -0.337 e. The number of benzene rings is 2. The van der Waals surface area contributed by atoms with E-state index in [1.54, 1.807) is 6.07 Å². The van der Waals surface area contributed by atoms with Crippen LogP contribution >= 0.6 is 0 Å². The smallest absolute Gasteiger partial charge is 0.123 e. The SMILES string of the molecule is CN1CCC2C(C1)c1cc(F)ccc1N2c1ccc(F)cc1. The van der Waals surface area contributed by atoms with Crippen LogP contribution in [0.2, 0.25) is 0 Å². The van der Waals surface area contributed by atoms with Gasteiger partial charge in [-0.15, -0.1) is 0 Å². The molecule has 2 aromatic rings. The molecule has 2 aliphatic rings. The largest absolute Gasteiger partial charge is 0.337 e. The summed E-state index contributed by atoms with van der Waals surface area (Å²) in [7, 11) is 2.11. The predicted molar refractivity (Wildman–Crippen MR) is 83.6 cm³/mol. The standard InChI is InChI=1S/C18H18F2N2/c1-21-9-8-18-16(11-21)15-10-13(20)4-7-17(15)22(18)14-5-2-12(19)3-6-14/h2-7,10,16,18H,8-9,11H2,1H3. The molecule has 2 aromatic carbocycles. The van der Waals surface area contributed by atoms with Crippen LogP contribution in [0.25, 0.3) is 0 Å². The first kappa shape index (κ1) is 13.7. The third-order valence-corrected chi connectivity index (χ3v) is 4.86. The highest BCUT2D eigenvalue weighted by atomic mass is 19.1. The fraction of sp³-hybridized carbons (Fsp3) is 0.333. The molecule has 2 aliphatic heterocycles. The summed E-state index contributed by atoms with van der Waals surface area (Å²) in [6, 6.07) is 11.9. The zero-order valence-electron chi connectivity index (χ0n) is 12.5. The number of likely N-dealkylation sites (N-methyl/N-ethyl adjacent to an activating group) is 1. The van der Waals surface area contributed by atoms with Crippen LogP contribution in [0.3, 0.4) is 0 Å². The molecule has 1 fully saturated rings. The Hall–Kier alpha value is -1.94. The van der Waals surface area contributed by atoms with E-state index in [-0.39, 0.29) is 11.6 Å². The Morgan fingerprint density at radius 1 is 1.00 bits per heavy atom. The Morgan fingerprint density at radius 2 is 1.73 bits per heavy atom. The fourth-order valence-corrected chi connectivity index (χ4v) is 3.87. The van der Waals surface area contributed by atoms with E-state index >= 15 is 0 Å². The number of halogens is 2. The van der Waals surface area contributed by atoms with E-state index in [2.05, 4.69) is 16.8 Å². The van der Waals surface area contributed by atoms with Crippen molar-refractivity contribution in [1.82, 2.24) is 4.90 Å². The fourth-order valence-electron chi connectivity index (χ4n) is 3.87. The van der Waals surface area contributed by atoms with Crippen LogP contribution in [0.5, 0.6) is 0 Å². The molecule has 1 saturated heterocycles. The van der Waals surface area contributed by atoms with Gasteiger partial charge in [-0.1, -0.05) is 0 Å². The Kier molecular flexibility index (Phi) is 3.15. The van der Waals surface area contributed by atoms with E-state index in [0.717, 1.165) is 36.4 Å². The number of piperidine rings is 1. The van der Waals surface area contributed by atoms with Crippen molar-refractivity contribution in [2.45, 2.75) is 18.4 Å². The second-order valence-corrected chi connectivity index (χ2v) is 6.27. The number of hydrogen-bond donors (Lipinski definition) is 0. The molecule has 0 bridgehead atoms. The van der Waals surface area contributed by atoms with Crippen molar-refractivity contribution in [3.63, 3.8) is 0 Å². The lowest BCUT2D eigenvalue weighted by Gasteiger charge is -2.37. The molecule has 2 nitrogen and oxygen atoms in total. The zero-order chi connectivity index (χ0) is 15.3. The van der Waals surface area contributed by atoms with E-state index in [4.69, 9.17) is 0 Å².